The van der Waals surface area contributed by atoms with E-state index in [4.69, 9.17) is 4.74 Å². The van der Waals surface area contributed by atoms with E-state index >= 15 is 0 Å². The molecule has 0 fully saturated rings. The summed E-state index contributed by atoms with van der Waals surface area (Å²) >= 11 is 0. The van der Waals surface area contributed by atoms with Gasteiger partial charge in [-0.15, -0.1) is 0 Å². The molecule has 1 atom stereocenters. The van der Waals surface area contributed by atoms with Gasteiger partial charge in [-0.25, -0.2) is 0 Å². The predicted molar refractivity (Wildman–Crippen MR) is 63.5 cm³/mol. The van der Waals surface area contributed by atoms with Crippen molar-refractivity contribution < 1.29 is 14.9 Å². The minimum Gasteiger partial charge on any atom is -0.491 e. The standard InChI is InChI=1S/C13H20O3/c1-9(2)16-11-8-6-5-7-10(11)12(14)13(3,4)15/h5-9,12,14-15H,1-4H3. The zero-order chi connectivity index (χ0) is 12.3. The van der Waals surface area contributed by atoms with Crippen LogP contribution in [0.3, 0.4) is 0 Å². The molecule has 2 N–H and O–H groups in total. The summed E-state index contributed by atoms with van der Waals surface area (Å²) in [5.41, 5.74) is -0.570. The molecule has 0 aliphatic carbocycles. The summed E-state index contributed by atoms with van der Waals surface area (Å²) in [6, 6.07) is 7.22. The lowest BCUT2D eigenvalue weighted by atomic mass is 9.94. The van der Waals surface area contributed by atoms with Gasteiger partial charge in [0.05, 0.1) is 11.7 Å². The van der Waals surface area contributed by atoms with Gasteiger partial charge in [-0.1, -0.05) is 18.2 Å². The molecule has 3 nitrogen and oxygen atoms in total. The Morgan fingerprint density at radius 2 is 1.75 bits per heavy atom. The number of hydrogen-bond acceptors (Lipinski definition) is 3. The van der Waals surface area contributed by atoms with Crippen molar-refractivity contribution in [1.82, 2.24) is 0 Å². The fraction of sp³-hybridized carbons (Fsp3) is 0.538. The topological polar surface area (TPSA) is 49.7 Å². The normalized spacial score (nSPS) is 13.9. The van der Waals surface area contributed by atoms with Gasteiger partial charge in [-0.05, 0) is 33.8 Å². The van der Waals surface area contributed by atoms with Gasteiger partial charge in [-0.3, -0.25) is 0 Å². The molecule has 0 saturated heterocycles. The van der Waals surface area contributed by atoms with Crippen molar-refractivity contribution in [3.63, 3.8) is 0 Å². The lowest BCUT2D eigenvalue weighted by Gasteiger charge is -2.27. The first kappa shape index (κ1) is 13.0. The first-order valence-corrected chi connectivity index (χ1v) is 5.48. The van der Waals surface area contributed by atoms with Crippen molar-refractivity contribution in [2.24, 2.45) is 0 Å². The quantitative estimate of drug-likeness (QED) is 0.825. The number of aliphatic hydroxyl groups is 2. The van der Waals surface area contributed by atoms with E-state index in [-0.39, 0.29) is 6.10 Å². The second-order valence-corrected chi connectivity index (χ2v) is 4.76. The van der Waals surface area contributed by atoms with Crippen LogP contribution >= 0.6 is 0 Å². The van der Waals surface area contributed by atoms with Gasteiger partial charge in [0.1, 0.15) is 11.9 Å². The average molecular weight is 224 g/mol. The van der Waals surface area contributed by atoms with Crippen molar-refractivity contribution in [3.05, 3.63) is 29.8 Å². The SMILES string of the molecule is CC(C)Oc1ccccc1C(O)C(C)(C)O. The lowest BCUT2D eigenvalue weighted by Crippen LogP contribution is -2.29. The molecule has 0 aromatic heterocycles. The smallest absolute Gasteiger partial charge is 0.125 e. The van der Waals surface area contributed by atoms with E-state index in [1.165, 1.54) is 0 Å². The fourth-order valence-corrected chi connectivity index (χ4v) is 1.45. The molecule has 0 spiro atoms. The Hall–Kier alpha value is -1.06. The molecule has 0 amide bonds. The Balaban J connectivity index is 3.03. The average Bonchev–Trinajstić information content (AvgIpc) is 2.15. The van der Waals surface area contributed by atoms with Crippen LogP contribution < -0.4 is 4.74 Å². The Labute approximate surface area is 96.7 Å². The third kappa shape index (κ3) is 3.22. The van der Waals surface area contributed by atoms with E-state index in [0.29, 0.717) is 11.3 Å². The van der Waals surface area contributed by atoms with Crippen molar-refractivity contribution in [1.29, 1.82) is 0 Å². The molecule has 0 bridgehead atoms. The molecule has 0 heterocycles. The molecule has 1 rings (SSSR count). The molecular formula is C13H20O3. The number of para-hydroxylation sites is 1. The van der Waals surface area contributed by atoms with Gasteiger partial charge in [0.2, 0.25) is 0 Å². The molecule has 0 aliphatic heterocycles. The van der Waals surface area contributed by atoms with Gasteiger partial charge in [-0.2, -0.15) is 0 Å². The first-order chi connectivity index (χ1) is 7.32. The van der Waals surface area contributed by atoms with E-state index in [1.54, 1.807) is 26.0 Å². The summed E-state index contributed by atoms with van der Waals surface area (Å²) in [4.78, 5) is 0. The van der Waals surface area contributed by atoms with Crippen LogP contribution in [-0.2, 0) is 0 Å². The Morgan fingerprint density at radius 3 is 2.25 bits per heavy atom. The zero-order valence-electron chi connectivity index (χ0n) is 10.3. The minimum atomic E-state index is -1.18. The van der Waals surface area contributed by atoms with Crippen LogP contribution in [0.5, 0.6) is 5.75 Å². The summed E-state index contributed by atoms with van der Waals surface area (Å²) < 4.78 is 5.59. The third-order valence-corrected chi connectivity index (χ3v) is 2.25. The summed E-state index contributed by atoms with van der Waals surface area (Å²) in [5, 5.41) is 19.8. The van der Waals surface area contributed by atoms with Gasteiger partial charge in [0.15, 0.2) is 0 Å². The third-order valence-electron chi connectivity index (χ3n) is 2.25. The van der Waals surface area contributed by atoms with Gasteiger partial charge < -0.3 is 14.9 Å². The molecule has 3 heteroatoms. The van der Waals surface area contributed by atoms with Crippen LogP contribution in [0.2, 0.25) is 0 Å². The molecule has 0 aliphatic rings. The highest BCUT2D eigenvalue weighted by Crippen LogP contribution is 2.32. The molecular weight excluding hydrogens is 204 g/mol. The second-order valence-electron chi connectivity index (χ2n) is 4.76. The largest absolute Gasteiger partial charge is 0.491 e. The maximum Gasteiger partial charge on any atom is 0.125 e. The molecule has 1 aromatic rings. The number of aliphatic hydroxyl groups excluding tert-OH is 1. The van der Waals surface area contributed by atoms with E-state index in [2.05, 4.69) is 0 Å². The molecule has 0 saturated carbocycles. The maximum absolute atomic E-state index is 10.0. The Kier molecular flexibility index (Phi) is 3.94. The Morgan fingerprint density at radius 1 is 1.19 bits per heavy atom. The van der Waals surface area contributed by atoms with Gasteiger partial charge in [0.25, 0.3) is 0 Å². The van der Waals surface area contributed by atoms with E-state index in [9.17, 15) is 10.2 Å². The second kappa shape index (κ2) is 4.85. The van der Waals surface area contributed by atoms with Crippen molar-refractivity contribution in [2.45, 2.75) is 45.5 Å². The van der Waals surface area contributed by atoms with Crippen molar-refractivity contribution in [2.75, 3.05) is 0 Å². The van der Waals surface area contributed by atoms with E-state index in [1.807, 2.05) is 26.0 Å². The maximum atomic E-state index is 10.0. The van der Waals surface area contributed by atoms with Crippen molar-refractivity contribution >= 4 is 0 Å². The Bertz CT molecular complexity index is 339. The highest BCUT2D eigenvalue weighted by Gasteiger charge is 2.28. The minimum absolute atomic E-state index is 0.0372. The summed E-state index contributed by atoms with van der Waals surface area (Å²) in [7, 11) is 0. The highest BCUT2D eigenvalue weighted by molar-refractivity contribution is 5.36. The monoisotopic (exact) mass is 224 g/mol. The van der Waals surface area contributed by atoms with Crippen molar-refractivity contribution in [3.8, 4) is 5.75 Å². The van der Waals surface area contributed by atoms with E-state index < -0.39 is 11.7 Å². The molecule has 1 unspecified atom stereocenters. The first-order valence-electron chi connectivity index (χ1n) is 5.48. The lowest BCUT2D eigenvalue weighted by molar-refractivity contribution is -0.0510. The molecule has 16 heavy (non-hydrogen) atoms. The van der Waals surface area contributed by atoms with Crippen LogP contribution in [0, 0.1) is 0 Å². The fourth-order valence-electron chi connectivity index (χ4n) is 1.45. The van der Waals surface area contributed by atoms with Gasteiger partial charge in [0, 0.05) is 5.56 Å². The molecule has 0 radical (unpaired) electrons. The van der Waals surface area contributed by atoms with Gasteiger partial charge >= 0.3 is 0 Å². The number of ether oxygens (including phenoxy) is 1. The van der Waals surface area contributed by atoms with Crippen LogP contribution in [-0.4, -0.2) is 21.9 Å². The van der Waals surface area contributed by atoms with Crippen LogP contribution in [0.1, 0.15) is 39.4 Å². The van der Waals surface area contributed by atoms with E-state index in [0.717, 1.165) is 0 Å². The molecule has 90 valence electrons. The van der Waals surface area contributed by atoms with Crippen LogP contribution in [0.4, 0.5) is 0 Å². The van der Waals surface area contributed by atoms with Crippen LogP contribution in [0.15, 0.2) is 24.3 Å². The number of rotatable bonds is 4. The zero-order valence-corrected chi connectivity index (χ0v) is 10.3. The summed E-state index contributed by atoms with van der Waals surface area (Å²) in [5.74, 6) is 0.618. The highest BCUT2D eigenvalue weighted by atomic mass is 16.5. The summed E-state index contributed by atoms with van der Waals surface area (Å²) in [6.07, 6.45) is -0.919. The summed E-state index contributed by atoms with van der Waals surface area (Å²) in [6.45, 7) is 6.99. The number of benzene rings is 1. The predicted octanol–water partition coefficient (Wildman–Crippen LogP) is 2.28. The molecule has 1 aromatic carbocycles. The van der Waals surface area contributed by atoms with Crippen LogP contribution in [0.25, 0.3) is 0 Å². The number of hydrogen-bond donors (Lipinski definition) is 2.